The first-order chi connectivity index (χ1) is 14.1. The molecule has 10 heteroatoms. The highest BCUT2D eigenvalue weighted by molar-refractivity contribution is 6.08. The summed E-state index contributed by atoms with van der Waals surface area (Å²) in [4.78, 5) is 53.4. The molecule has 0 spiro atoms. The van der Waals surface area contributed by atoms with Crippen molar-refractivity contribution in [3.05, 3.63) is 22.3 Å². The summed E-state index contributed by atoms with van der Waals surface area (Å²) in [6, 6.07) is -0.514. The van der Waals surface area contributed by atoms with E-state index in [9.17, 15) is 29.4 Å². The molecule has 0 radical (unpaired) electrons. The predicted octanol–water partition coefficient (Wildman–Crippen LogP) is 1.95. The third-order valence-corrected chi connectivity index (χ3v) is 5.10. The Hall–Kier alpha value is -3.30. The fourth-order valence-corrected chi connectivity index (χ4v) is 3.77. The standard InChI is InChI=1S/C20H24N2O8/c1-10-13(6-19(27)28)12(3-5-18(25)26)16(22-10)8-15-14(7-20(29)30)11(9-21-15)2-4-17(23)24/h16H,2-9H2,1H3,(H,23,24)(H,25,26)(H,27,28)(H,29,30)/t16-/m0/s1. The molecule has 10 nitrogen and oxygen atoms in total. The van der Waals surface area contributed by atoms with Gasteiger partial charge in [0.15, 0.2) is 0 Å². The molecule has 30 heavy (non-hydrogen) atoms. The maximum atomic E-state index is 11.3. The van der Waals surface area contributed by atoms with Crippen molar-refractivity contribution in [2.75, 3.05) is 6.54 Å². The van der Waals surface area contributed by atoms with Gasteiger partial charge >= 0.3 is 23.9 Å². The number of hydrogen-bond acceptors (Lipinski definition) is 6. The van der Waals surface area contributed by atoms with E-state index in [1.165, 1.54) is 0 Å². The van der Waals surface area contributed by atoms with Gasteiger partial charge in [-0.2, -0.15) is 0 Å². The zero-order chi connectivity index (χ0) is 22.4. The SMILES string of the molecule is CC1=N[C@@H](CC2=NCC(CCC(=O)O)=C2CC(=O)O)C(CCC(=O)O)=C1CC(=O)O. The monoisotopic (exact) mass is 420 g/mol. The Morgan fingerprint density at radius 1 is 0.867 bits per heavy atom. The quantitative estimate of drug-likeness (QED) is 0.370. The molecule has 2 aliphatic heterocycles. The molecule has 0 bridgehead atoms. The highest BCUT2D eigenvalue weighted by atomic mass is 16.4. The second-order valence-corrected chi connectivity index (χ2v) is 7.21. The highest BCUT2D eigenvalue weighted by Gasteiger charge is 2.31. The average molecular weight is 420 g/mol. The first-order valence-corrected chi connectivity index (χ1v) is 9.47. The molecule has 0 aromatic heterocycles. The summed E-state index contributed by atoms with van der Waals surface area (Å²) in [7, 11) is 0. The van der Waals surface area contributed by atoms with Gasteiger partial charge in [-0.05, 0) is 42.1 Å². The van der Waals surface area contributed by atoms with E-state index in [0.29, 0.717) is 33.7 Å². The first kappa shape index (κ1) is 23.0. The van der Waals surface area contributed by atoms with Crippen molar-refractivity contribution >= 4 is 35.3 Å². The molecular formula is C20H24N2O8. The van der Waals surface area contributed by atoms with Crippen LogP contribution in [0.5, 0.6) is 0 Å². The second kappa shape index (κ2) is 9.95. The Morgan fingerprint density at radius 3 is 2.00 bits per heavy atom. The van der Waals surface area contributed by atoms with Gasteiger partial charge in [0.2, 0.25) is 0 Å². The van der Waals surface area contributed by atoms with Crippen LogP contribution in [0.1, 0.15) is 51.9 Å². The summed E-state index contributed by atoms with van der Waals surface area (Å²) in [6.07, 6.45) is -0.312. The first-order valence-electron chi connectivity index (χ1n) is 9.47. The minimum Gasteiger partial charge on any atom is -0.481 e. The van der Waals surface area contributed by atoms with Crippen molar-refractivity contribution in [2.45, 2.75) is 57.9 Å². The zero-order valence-corrected chi connectivity index (χ0v) is 16.6. The van der Waals surface area contributed by atoms with Gasteiger partial charge in [-0.15, -0.1) is 0 Å². The zero-order valence-electron chi connectivity index (χ0n) is 16.6. The van der Waals surface area contributed by atoms with Crippen molar-refractivity contribution < 1.29 is 39.6 Å². The number of aliphatic imine (C=N–C) groups is 2. The van der Waals surface area contributed by atoms with Crippen LogP contribution in [-0.2, 0) is 19.2 Å². The smallest absolute Gasteiger partial charge is 0.307 e. The molecule has 0 saturated carbocycles. The number of carboxylic acid groups (broad SMARTS) is 4. The third kappa shape index (κ3) is 6.10. The molecule has 2 heterocycles. The van der Waals surface area contributed by atoms with Crippen LogP contribution in [0.4, 0.5) is 0 Å². The largest absolute Gasteiger partial charge is 0.481 e. The number of hydrogen-bond donors (Lipinski definition) is 4. The van der Waals surface area contributed by atoms with Gasteiger partial charge in [0.05, 0.1) is 25.4 Å². The van der Waals surface area contributed by atoms with Crippen molar-refractivity contribution in [3.63, 3.8) is 0 Å². The molecule has 162 valence electrons. The molecule has 0 aliphatic carbocycles. The van der Waals surface area contributed by atoms with Gasteiger partial charge in [0.1, 0.15) is 0 Å². The molecule has 4 N–H and O–H groups in total. The lowest BCUT2D eigenvalue weighted by Gasteiger charge is -2.15. The van der Waals surface area contributed by atoms with Gasteiger partial charge in [-0.3, -0.25) is 29.2 Å². The average Bonchev–Trinajstić information content (AvgIpc) is 3.12. The van der Waals surface area contributed by atoms with Crippen molar-refractivity contribution in [2.24, 2.45) is 9.98 Å². The van der Waals surface area contributed by atoms with Crippen LogP contribution in [0.3, 0.4) is 0 Å². The van der Waals surface area contributed by atoms with Crippen molar-refractivity contribution in [3.8, 4) is 0 Å². The summed E-state index contributed by atoms with van der Waals surface area (Å²) >= 11 is 0. The maximum Gasteiger partial charge on any atom is 0.307 e. The van der Waals surface area contributed by atoms with E-state index < -0.39 is 29.9 Å². The fourth-order valence-electron chi connectivity index (χ4n) is 3.77. The summed E-state index contributed by atoms with van der Waals surface area (Å²) in [5.74, 6) is -4.11. The molecule has 0 aromatic carbocycles. The van der Waals surface area contributed by atoms with E-state index in [1.807, 2.05) is 0 Å². The molecule has 2 rings (SSSR count). The van der Waals surface area contributed by atoms with E-state index in [-0.39, 0.29) is 51.5 Å². The molecule has 0 amide bonds. The summed E-state index contributed by atoms with van der Waals surface area (Å²) in [5.41, 5.74) is 3.30. The third-order valence-electron chi connectivity index (χ3n) is 5.10. The highest BCUT2D eigenvalue weighted by Crippen LogP contribution is 2.33. The minimum absolute atomic E-state index is 0.130. The van der Waals surface area contributed by atoms with E-state index in [0.717, 1.165) is 0 Å². The van der Waals surface area contributed by atoms with Crippen LogP contribution >= 0.6 is 0 Å². The molecule has 0 saturated heterocycles. The molecule has 0 unspecified atom stereocenters. The van der Waals surface area contributed by atoms with Crippen LogP contribution in [0.15, 0.2) is 32.3 Å². The Balaban J connectivity index is 2.29. The number of rotatable bonds is 12. The Labute approximate surface area is 172 Å². The van der Waals surface area contributed by atoms with Crippen LogP contribution in [0.25, 0.3) is 0 Å². The number of nitrogens with zero attached hydrogens (tertiary/aromatic N) is 2. The minimum atomic E-state index is -1.06. The van der Waals surface area contributed by atoms with Gasteiger partial charge < -0.3 is 20.4 Å². The molecule has 2 aliphatic rings. The lowest BCUT2D eigenvalue weighted by molar-refractivity contribution is -0.138. The van der Waals surface area contributed by atoms with Gasteiger partial charge in [0, 0.05) is 30.7 Å². The topological polar surface area (TPSA) is 174 Å². The summed E-state index contributed by atoms with van der Waals surface area (Å²) in [5, 5.41) is 36.4. The fraction of sp³-hybridized carbons (Fsp3) is 0.500. The molecule has 1 atom stereocenters. The maximum absolute atomic E-state index is 11.3. The molecule has 0 aromatic rings. The summed E-state index contributed by atoms with van der Waals surface area (Å²) in [6.45, 7) is 1.89. The predicted molar refractivity (Wildman–Crippen MR) is 106 cm³/mol. The summed E-state index contributed by atoms with van der Waals surface area (Å²) < 4.78 is 0. The molecule has 0 fully saturated rings. The van der Waals surface area contributed by atoms with Crippen LogP contribution in [-0.4, -0.2) is 68.3 Å². The van der Waals surface area contributed by atoms with Crippen LogP contribution in [0, 0.1) is 0 Å². The Kier molecular flexibility index (Phi) is 7.62. The van der Waals surface area contributed by atoms with Gasteiger partial charge in [0.25, 0.3) is 0 Å². The van der Waals surface area contributed by atoms with E-state index in [1.54, 1.807) is 6.92 Å². The Bertz CT molecular complexity index is 894. The van der Waals surface area contributed by atoms with E-state index in [2.05, 4.69) is 9.98 Å². The number of aliphatic carboxylic acids is 4. The molecular weight excluding hydrogens is 396 g/mol. The number of carbonyl (C=O) groups is 4. The van der Waals surface area contributed by atoms with Crippen molar-refractivity contribution in [1.29, 1.82) is 0 Å². The van der Waals surface area contributed by atoms with Gasteiger partial charge in [-0.1, -0.05) is 0 Å². The van der Waals surface area contributed by atoms with E-state index in [4.69, 9.17) is 10.2 Å². The van der Waals surface area contributed by atoms with Gasteiger partial charge in [-0.25, -0.2) is 0 Å². The number of carboxylic acids is 4. The van der Waals surface area contributed by atoms with Crippen LogP contribution < -0.4 is 0 Å². The Morgan fingerprint density at radius 2 is 1.43 bits per heavy atom. The van der Waals surface area contributed by atoms with E-state index >= 15 is 0 Å². The lowest BCUT2D eigenvalue weighted by atomic mass is 9.90. The second-order valence-electron chi connectivity index (χ2n) is 7.21. The normalized spacial score (nSPS) is 18.5. The van der Waals surface area contributed by atoms with Crippen molar-refractivity contribution in [1.82, 2.24) is 0 Å². The van der Waals surface area contributed by atoms with Crippen LogP contribution in [0.2, 0.25) is 0 Å². The lowest BCUT2D eigenvalue weighted by Crippen LogP contribution is -2.17.